The summed E-state index contributed by atoms with van der Waals surface area (Å²) in [7, 11) is 0. The zero-order valence-corrected chi connectivity index (χ0v) is 14.3. The van der Waals surface area contributed by atoms with Crippen molar-refractivity contribution in [3.05, 3.63) is 74.3 Å². The van der Waals surface area contributed by atoms with Gasteiger partial charge in [-0.2, -0.15) is 0 Å². The summed E-state index contributed by atoms with van der Waals surface area (Å²) in [4.78, 5) is 12.1. The smallest absolute Gasteiger partial charge is 0.187 e. The second-order valence-electron chi connectivity index (χ2n) is 4.48. The summed E-state index contributed by atoms with van der Waals surface area (Å²) in [6.07, 6.45) is 1.54. The number of nitrogens with one attached hydrogen (secondary N) is 1. The predicted octanol–water partition coefficient (Wildman–Crippen LogP) is 5.95. The van der Waals surface area contributed by atoms with Crippen molar-refractivity contribution >= 4 is 50.6 Å². The Morgan fingerprint density at radius 3 is 2.24 bits per heavy atom. The summed E-state index contributed by atoms with van der Waals surface area (Å²) in [5.41, 5.74) is 2.08. The van der Waals surface area contributed by atoms with Crippen LogP contribution in [0.1, 0.15) is 17.3 Å². The lowest BCUT2D eigenvalue weighted by atomic mass is 10.1. The van der Waals surface area contributed by atoms with Crippen molar-refractivity contribution in [1.82, 2.24) is 0 Å². The van der Waals surface area contributed by atoms with Crippen LogP contribution in [0.25, 0.3) is 0 Å². The highest BCUT2D eigenvalue weighted by Gasteiger charge is 2.04. The van der Waals surface area contributed by atoms with Gasteiger partial charge in [0.05, 0.1) is 0 Å². The molecule has 0 amide bonds. The summed E-state index contributed by atoms with van der Waals surface area (Å²) in [5, 5.41) is 4.18. The van der Waals surface area contributed by atoms with Crippen molar-refractivity contribution < 1.29 is 4.79 Å². The van der Waals surface area contributed by atoms with Gasteiger partial charge in [0.2, 0.25) is 0 Å². The molecule has 0 saturated carbocycles. The monoisotopic (exact) mass is 383 g/mol. The molecule has 1 N–H and O–H groups in total. The van der Waals surface area contributed by atoms with Crippen LogP contribution in [-0.2, 0) is 0 Å². The number of hydrogen-bond acceptors (Lipinski definition) is 2. The topological polar surface area (TPSA) is 29.1 Å². The quantitative estimate of drug-likeness (QED) is 0.520. The molecule has 0 aliphatic rings. The number of ketones is 1. The Labute approximate surface area is 141 Å². The summed E-state index contributed by atoms with van der Waals surface area (Å²) in [5.74, 6) is -0.0689. The normalized spacial score (nSPS) is 11.3. The summed E-state index contributed by atoms with van der Waals surface area (Å²) < 4.78 is 0.937. The van der Waals surface area contributed by atoms with Crippen molar-refractivity contribution in [3.8, 4) is 0 Å². The fourth-order valence-corrected chi connectivity index (χ4v) is 2.57. The zero-order chi connectivity index (χ0) is 15.4. The number of benzene rings is 2. The van der Waals surface area contributed by atoms with Crippen LogP contribution in [0, 0.1) is 0 Å². The molecular weight excluding hydrogens is 373 g/mol. The molecule has 5 heteroatoms. The first-order chi connectivity index (χ1) is 9.94. The molecule has 2 aromatic carbocycles. The van der Waals surface area contributed by atoms with Gasteiger partial charge in [-0.3, -0.25) is 4.79 Å². The van der Waals surface area contributed by atoms with Gasteiger partial charge in [0, 0.05) is 37.5 Å². The average molecular weight is 385 g/mol. The highest BCUT2D eigenvalue weighted by molar-refractivity contribution is 9.10. The average Bonchev–Trinajstić information content (AvgIpc) is 2.37. The summed E-state index contributed by atoms with van der Waals surface area (Å²) in [6, 6.07) is 12.4. The molecular formula is C16H12BrCl2NO. The van der Waals surface area contributed by atoms with Gasteiger partial charge < -0.3 is 5.32 Å². The number of rotatable bonds is 4. The number of anilines is 1. The molecule has 0 aliphatic carbocycles. The summed E-state index contributed by atoms with van der Waals surface area (Å²) in [6.45, 7) is 1.81. The Kier molecular flexibility index (Phi) is 5.45. The van der Waals surface area contributed by atoms with Gasteiger partial charge in [-0.1, -0.05) is 39.1 Å². The molecule has 0 unspecified atom stereocenters. The highest BCUT2D eigenvalue weighted by Crippen LogP contribution is 2.23. The lowest BCUT2D eigenvalue weighted by molar-refractivity contribution is 0.104. The van der Waals surface area contributed by atoms with Crippen molar-refractivity contribution in [3.63, 3.8) is 0 Å². The second-order valence-corrected chi connectivity index (χ2v) is 6.27. The van der Waals surface area contributed by atoms with E-state index in [1.165, 1.54) is 6.08 Å². The molecule has 0 aliphatic heterocycles. The number of halogens is 3. The van der Waals surface area contributed by atoms with Crippen LogP contribution in [0.5, 0.6) is 0 Å². The van der Waals surface area contributed by atoms with E-state index in [0.29, 0.717) is 21.3 Å². The molecule has 0 bridgehead atoms. The summed E-state index contributed by atoms with van der Waals surface area (Å²) >= 11 is 15.2. The van der Waals surface area contributed by atoms with Crippen LogP contribution < -0.4 is 5.32 Å². The first-order valence-corrected chi connectivity index (χ1v) is 7.70. The van der Waals surface area contributed by atoms with Gasteiger partial charge in [0.25, 0.3) is 0 Å². The minimum Gasteiger partial charge on any atom is -0.359 e. The van der Waals surface area contributed by atoms with Crippen molar-refractivity contribution in [2.24, 2.45) is 0 Å². The minimum atomic E-state index is -0.0689. The van der Waals surface area contributed by atoms with Crippen LogP contribution in [0.15, 0.2) is 58.7 Å². The maximum absolute atomic E-state index is 12.1. The Morgan fingerprint density at radius 1 is 1.10 bits per heavy atom. The van der Waals surface area contributed by atoms with E-state index in [2.05, 4.69) is 21.2 Å². The standard InChI is InChI=1S/C16H12BrCl2NO/c1-10(20-15-8-13(18)7-14(19)9-15)6-16(21)11-2-4-12(17)5-3-11/h2-9,20H,1H3. The molecule has 21 heavy (non-hydrogen) atoms. The van der Waals surface area contributed by atoms with Crippen LogP contribution in [0.3, 0.4) is 0 Å². The lowest BCUT2D eigenvalue weighted by Crippen LogP contribution is -2.01. The van der Waals surface area contributed by atoms with E-state index in [1.54, 1.807) is 30.3 Å². The van der Waals surface area contributed by atoms with E-state index in [4.69, 9.17) is 23.2 Å². The fraction of sp³-hybridized carbons (Fsp3) is 0.0625. The van der Waals surface area contributed by atoms with E-state index in [-0.39, 0.29) is 5.78 Å². The molecule has 0 radical (unpaired) electrons. The molecule has 0 spiro atoms. The molecule has 2 rings (SSSR count). The minimum absolute atomic E-state index is 0.0689. The first-order valence-electron chi connectivity index (χ1n) is 6.15. The Morgan fingerprint density at radius 2 is 1.67 bits per heavy atom. The van der Waals surface area contributed by atoms with E-state index in [0.717, 1.165) is 10.2 Å². The molecule has 0 fully saturated rings. The van der Waals surface area contributed by atoms with Crippen LogP contribution in [0.4, 0.5) is 5.69 Å². The first kappa shape index (κ1) is 16.1. The van der Waals surface area contributed by atoms with Gasteiger partial charge in [-0.05, 0) is 49.4 Å². The van der Waals surface area contributed by atoms with Gasteiger partial charge in [-0.25, -0.2) is 0 Å². The Bertz CT molecular complexity index is 676. The Balaban J connectivity index is 2.13. The largest absolute Gasteiger partial charge is 0.359 e. The van der Waals surface area contributed by atoms with Gasteiger partial charge >= 0.3 is 0 Å². The maximum Gasteiger partial charge on any atom is 0.187 e. The molecule has 2 nitrogen and oxygen atoms in total. The van der Waals surface area contributed by atoms with Crippen molar-refractivity contribution in [1.29, 1.82) is 0 Å². The molecule has 0 saturated heterocycles. The van der Waals surface area contributed by atoms with Gasteiger partial charge in [-0.15, -0.1) is 0 Å². The van der Waals surface area contributed by atoms with Crippen LogP contribution >= 0.6 is 39.1 Å². The van der Waals surface area contributed by atoms with Crippen molar-refractivity contribution in [2.45, 2.75) is 6.92 Å². The third-order valence-corrected chi connectivity index (χ3v) is 3.65. The van der Waals surface area contributed by atoms with Gasteiger partial charge in [0.1, 0.15) is 0 Å². The van der Waals surface area contributed by atoms with Crippen molar-refractivity contribution in [2.75, 3.05) is 5.32 Å². The number of carbonyl (C=O) groups is 1. The Hall–Kier alpha value is -1.29. The molecule has 0 heterocycles. The van der Waals surface area contributed by atoms with E-state index in [1.807, 2.05) is 19.1 Å². The fourth-order valence-electron chi connectivity index (χ4n) is 1.78. The predicted molar refractivity (Wildman–Crippen MR) is 92.3 cm³/mol. The number of hydrogen-bond donors (Lipinski definition) is 1. The molecule has 0 atom stereocenters. The third-order valence-electron chi connectivity index (χ3n) is 2.68. The van der Waals surface area contributed by atoms with E-state index < -0.39 is 0 Å². The van der Waals surface area contributed by atoms with E-state index in [9.17, 15) is 4.79 Å². The molecule has 2 aromatic rings. The molecule has 108 valence electrons. The highest BCUT2D eigenvalue weighted by atomic mass is 79.9. The van der Waals surface area contributed by atoms with E-state index >= 15 is 0 Å². The zero-order valence-electron chi connectivity index (χ0n) is 11.2. The maximum atomic E-state index is 12.1. The third kappa shape index (κ3) is 4.88. The van der Waals surface area contributed by atoms with Crippen LogP contribution in [0.2, 0.25) is 10.0 Å². The SMILES string of the molecule is CC(=CC(=O)c1ccc(Br)cc1)Nc1cc(Cl)cc(Cl)c1. The lowest BCUT2D eigenvalue weighted by Gasteiger charge is -2.07. The van der Waals surface area contributed by atoms with Crippen LogP contribution in [-0.4, -0.2) is 5.78 Å². The van der Waals surface area contributed by atoms with Gasteiger partial charge in [0.15, 0.2) is 5.78 Å². The molecule has 0 aromatic heterocycles. The number of allylic oxidation sites excluding steroid dienone is 2. The second kappa shape index (κ2) is 7.12. The number of carbonyl (C=O) groups excluding carboxylic acids is 1.